The summed E-state index contributed by atoms with van der Waals surface area (Å²) in [5.41, 5.74) is 4.01. The van der Waals surface area contributed by atoms with Gasteiger partial charge in [-0.1, -0.05) is 23.7 Å². The fraction of sp³-hybridized carbons (Fsp3) is 0.100. The van der Waals surface area contributed by atoms with Gasteiger partial charge in [-0.05, 0) is 62.4 Å². The van der Waals surface area contributed by atoms with Gasteiger partial charge in [0.2, 0.25) is 0 Å². The molecule has 2 rings (SSSR count). The van der Waals surface area contributed by atoms with Crippen molar-refractivity contribution in [1.29, 1.82) is 0 Å². The fourth-order valence-electron chi connectivity index (χ4n) is 1.71. The van der Waals surface area contributed by atoms with Gasteiger partial charge in [0, 0.05) is 22.3 Å². The lowest BCUT2D eigenvalue weighted by atomic mass is 10.1. The summed E-state index contributed by atoms with van der Waals surface area (Å²) in [5.74, 6) is 18.1. The van der Waals surface area contributed by atoms with Gasteiger partial charge in [-0.3, -0.25) is 0 Å². The van der Waals surface area contributed by atoms with Crippen LogP contribution in [0.25, 0.3) is 0 Å². The third-order valence-electron chi connectivity index (χ3n) is 2.66. The van der Waals surface area contributed by atoms with Gasteiger partial charge in [-0.15, -0.1) is 11.8 Å². The van der Waals surface area contributed by atoms with Crippen molar-refractivity contribution in [2.24, 2.45) is 0 Å². The van der Waals surface area contributed by atoms with E-state index in [-0.39, 0.29) is 0 Å². The van der Waals surface area contributed by atoms with Gasteiger partial charge in [0.25, 0.3) is 0 Å². The molecule has 0 heterocycles. The van der Waals surface area contributed by atoms with Gasteiger partial charge in [-0.25, -0.2) is 0 Å². The van der Waals surface area contributed by atoms with E-state index in [0.29, 0.717) is 0 Å². The van der Waals surface area contributed by atoms with E-state index in [1.54, 1.807) is 0 Å². The highest BCUT2D eigenvalue weighted by Gasteiger charge is 1.90. The number of rotatable bonds is 0. The maximum absolute atomic E-state index is 3.15. The van der Waals surface area contributed by atoms with Gasteiger partial charge < -0.3 is 0 Å². The summed E-state index contributed by atoms with van der Waals surface area (Å²) >= 11 is 0. The highest BCUT2D eigenvalue weighted by molar-refractivity contribution is 5.47. The molecule has 0 bridgehead atoms. The van der Waals surface area contributed by atoms with Crippen LogP contribution in [0.4, 0.5) is 0 Å². The zero-order valence-corrected chi connectivity index (χ0v) is 11.6. The molecule has 2 aromatic carbocycles. The predicted molar refractivity (Wildman–Crippen MR) is 84.0 cm³/mol. The van der Waals surface area contributed by atoms with Gasteiger partial charge in [0.15, 0.2) is 0 Å². The van der Waals surface area contributed by atoms with Crippen LogP contribution in [-0.2, 0) is 0 Å². The average molecular weight is 254 g/mol. The van der Waals surface area contributed by atoms with E-state index in [4.69, 9.17) is 0 Å². The van der Waals surface area contributed by atoms with Crippen LogP contribution in [0.1, 0.15) is 36.1 Å². The summed E-state index contributed by atoms with van der Waals surface area (Å²) in [5, 5.41) is 0. The summed E-state index contributed by atoms with van der Waals surface area (Å²) in [6, 6.07) is 15.9. The molecule has 0 N–H and O–H groups in total. The lowest BCUT2D eigenvalue weighted by Crippen LogP contribution is -1.79. The third-order valence-corrected chi connectivity index (χ3v) is 2.66. The molecule has 0 aliphatic heterocycles. The summed E-state index contributed by atoms with van der Waals surface area (Å²) in [7, 11) is 0. The van der Waals surface area contributed by atoms with Crippen molar-refractivity contribution in [3.63, 3.8) is 0 Å². The molecular weight excluding hydrogens is 240 g/mol. The van der Waals surface area contributed by atoms with Gasteiger partial charge >= 0.3 is 0 Å². The highest BCUT2D eigenvalue weighted by Crippen LogP contribution is 2.04. The smallest absolute Gasteiger partial charge is 0.0249 e. The van der Waals surface area contributed by atoms with E-state index < -0.39 is 0 Å². The summed E-state index contributed by atoms with van der Waals surface area (Å²) in [6.45, 7) is 3.67. The first-order valence-electron chi connectivity index (χ1n) is 6.39. The predicted octanol–water partition coefficient (Wildman–Crippen LogP) is 3.83. The first-order chi connectivity index (χ1) is 9.81. The molecule has 94 valence electrons. The van der Waals surface area contributed by atoms with E-state index in [9.17, 15) is 0 Å². The highest BCUT2D eigenvalue weighted by atomic mass is 13.9. The molecule has 0 amide bonds. The normalized spacial score (nSPS) is 8.30. The Balaban J connectivity index is 2.16. The minimum Gasteiger partial charge on any atom is -0.101 e. The van der Waals surface area contributed by atoms with E-state index in [1.165, 1.54) is 0 Å². The topological polar surface area (TPSA) is 0 Å². The second kappa shape index (κ2) is 6.89. The van der Waals surface area contributed by atoms with Crippen molar-refractivity contribution in [1.82, 2.24) is 0 Å². The molecule has 0 heteroatoms. The van der Waals surface area contributed by atoms with Crippen LogP contribution in [0.5, 0.6) is 0 Å². The average Bonchev–Trinajstić information content (AvgIpc) is 2.49. The van der Waals surface area contributed by atoms with Crippen LogP contribution in [-0.4, -0.2) is 0 Å². The van der Waals surface area contributed by atoms with Gasteiger partial charge in [0.1, 0.15) is 0 Å². The SMILES string of the molecule is CC#Cc1ccc(C#Cc2ccc(C#CC)cc2)cc1. The van der Waals surface area contributed by atoms with Crippen molar-refractivity contribution in [2.75, 3.05) is 0 Å². The molecule has 0 nitrogen and oxygen atoms in total. The Labute approximate surface area is 120 Å². The Morgan fingerprint density at radius 3 is 0.950 bits per heavy atom. The largest absolute Gasteiger partial charge is 0.101 e. The van der Waals surface area contributed by atoms with Crippen LogP contribution in [0.3, 0.4) is 0 Å². The fourth-order valence-corrected chi connectivity index (χ4v) is 1.71. The lowest BCUT2D eigenvalue weighted by Gasteiger charge is -1.93. The molecule has 0 saturated carbocycles. The molecule has 0 spiro atoms. The van der Waals surface area contributed by atoms with Gasteiger partial charge in [0.05, 0.1) is 0 Å². The van der Waals surface area contributed by atoms with Crippen LogP contribution >= 0.6 is 0 Å². The first kappa shape index (κ1) is 13.5. The van der Waals surface area contributed by atoms with E-state index in [0.717, 1.165) is 22.3 Å². The number of benzene rings is 2. The molecule has 0 aliphatic rings. The molecule has 20 heavy (non-hydrogen) atoms. The number of hydrogen-bond donors (Lipinski definition) is 0. The van der Waals surface area contributed by atoms with Crippen molar-refractivity contribution < 1.29 is 0 Å². The molecule has 0 atom stereocenters. The van der Waals surface area contributed by atoms with Gasteiger partial charge in [-0.2, -0.15) is 0 Å². The summed E-state index contributed by atoms with van der Waals surface area (Å²) in [4.78, 5) is 0. The molecule has 0 saturated heterocycles. The molecule has 0 unspecified atom stereocenters. The van der Waals surface area contributed by atoms with E-state index >= 15 is 0 Å². The Hall–Kier alpha value is -2.88. The lowest BCUT2D eigenvalue weighted by molar-refractivity contribution is 1.58. The Morgan fingerprint density at radius 1 is 0.450 bits per heavy atom. The summed E-state index contributed by atoms with van der Waals surface area (Å²) < 4.78 is 0. The second-order valence-electron chi connectivity index (χ2n) is 4.15. The van der Waals surface area contributed by atoms with Crippen LogP contribution in [0.15, 0.2) is 48.5 Å². The molecule has 0 fully saturated rings. The quantitative estimate of drug-likeness (QED) is 0.627. The minimum atomic E-state index is 0.990. The standard InChI is InChI=1S/C20H14/c1-3-5-17-7-11-19(12-8-17)15-16-20-13-9-18(6-4-2)10-14-20/h7-14H,1-2H3. The van der Waals surface area contributed by atoms with E-state index in [1.807, 2.05) is 62.4 Å². The van der Waals surface area contributed by atoms with Crippen LogP contribution in [0, 0.1) is 35.5 Å². The zero-order chi connectivity index (χ0) is 14.2. The van der Waals surface area contributed by atoms with E-state index in [2.05, 4.69) is 35.5 Å². The molecular formula is C20H14. The van der Waals surface area contributed by atoms with Crippen molar-refractivity contribution in [2.45, 2.75) is 13.8 Å². The van der Waals surface area contributed by atoms with Crippen LogP contribution < -0.4 is 0 Å². The second-order valence-corrected chi connectivity index (χ2v) is 4.15. The molecule has 0 aromatic heterocycles. The number of hydrogen-bond acceptors (Lipinski definition) is 0. The Bertz CT molecular complexity index is 689. The third kappa shape index (κ3) is 3.81. The Kier molecular flexibility index (Phi) is 4.67. The maximum Gasteiger partial charge on any atom is 0.0249 e. The zero-order valence-electron chi connectivity index (χ0n) is 11.6. The molecule has 0 radical (unpaired) electrons. The van der Waals surface area contributed by atoms with Crippen molar-refractivity contribution >= 4 is 0 Å². The molecule has 0 aliphatic carbocycles. The van der Waals surface area contributed by atoms with Crippen molar-refractivity contribution in [3.8, 4) is 35.5 Å². The molecule has 2 aromatic rings. The first-order valence-corrected chi connectivity index (χ1v) is 6.39. The summed E-state index contributed by atoms with van der Waals surface area (Å²) in [6.07, 6.45) is 0. The monoisotopic (exact) mass is 254 g/mol. The van der Waals surface area contributed by atoms with Crippen LogP contribution in [0.2, 0.25) is 0 Å². The maximum atomic E-state index is 3.15. The minimum absolute atomic E-state index is 0.990. The Morgan fingerprint density at radius 2 is 0.700 bits per heavy atom. The van der Waals surface area contributed by atoms with Crippen molar-refractivity contribution in [3.05, 3.63) is 70.8 Å².